The van der Waals surface area contributed by atoms with Crippen LogP contribution in [0, 0.1) is 0 Å². The van der Waals surface area contributed by atoms with Crippen LogP contribution < -0.4 is 9.64 Å². The second-order valence-electron chi connectivity index (χ2n) is 10.1. The van der Waals surface area contributed by atoms with Crippen molar-refractivity contribution in [1.29, 1.82) is 0 Å². The molecule has 6 nitrogen and oxygen atoms in total. The molecule has 1 spiro atoms. The number of rotatable bonds is 5. The Labute approximate surface area is 211 Å². The van der Waals surface area contributed by atoms with Gasteiger partial charge in [-0.2, -0.15) is 8.42 Å². The number of para-hydroxylation sites is 1. The van der Waals surface area contributed by atoms with Crippen LogP contribution in [0.5, 0.6) is 5.75 Å². The van der Waals surface area contributed by atoms with E-state index in [1.54, 1.807) is 0 Å². The normalized spacial score (nSPS) is 20.0. The van der Waals surface area contributed by atoms with Crippen LogP contribution in [0.15, 0.2) is 77.8 Å². The third-order valence-electron chi connectivity index (χ3n) is 7.68. The van der Waals surface area contributed by atoms with Gasteiger partial charge >= 0.3 is 0 Å². The average Bonchev–Trinajstić information content (AvgIpc) is 3.04. The number of anilines is 1. The van der Waals surface area contributed by atoms with Gasteiger partial charge in [-0.25, -0.2) is 0 Å². The summed E-state index contributed by atoms with van der Waals surface area (Å²) in [4.78, 5) is 7.29. The van der Waals surface area contributed by atoms with Gasteiger partial charge < -0.3 is 9.64 Å². The zero-order chi connectivity index (χ0) is 25.1. The largest absolute Gasteiger partial charge is 0.459 e. The molecule has 6 rings (SSSR count). The molecule has 7 heteroatoms. The zero-order valence-corrected chi connectivity index (χ0v) is 21.1. The number of aliphatic imine (C=N–C) groups is 1. The molecule has 0 radical (unpaired) electrons. The first kappa shape index (κ1) is 23.0. The van der Waals surface area contributed by atoms with E-state index >= 15 is 0 Å². The van der Waals surface area contributed by atoms with Gasteiger partial charge in [0.25, 0.3) is 10.1 Å². The Hall–Kier alpha value is -3.42. The number of ether oxygens (including phenoxy) is 1. The standard InChI is InChI=1S/C29H28N2O4S/c1-28(2)24-15-7-8-16-25(24)31(17-9-10-18-36(32,33)34)29(28)19-30-26-22-13-5-3-11-20(22)21-12-4-6-14-23(21)27(26)35-29/h3-8,11-16,19H,9-10,17-18H2,1-2H3,(H,32,33,34). The fourth-order valence-corrected chi connectivity index (χ4v) is 6.43. The number of nitrogens with zero attached hydrogens (tertiary/aromatic N) is 2. The highest BCUT2D eigenvalue weighted by atomic mass is 32.2. The molecule has 0 aliphatic carbocycles. The second-order valence-corrected chi connectivity index (χ2v) is 11.7. The van der Waals surface area contributed by atoms with Crippen molar-refractivity contribution in [3.63, 3.8) is 0 Å². The lowest BCUT2D eigenvalue weighted by atomic mass is 9.77. The molecule has 1 atom stereocenters. The molecule has 0 saturated carbocycles. The van der Waals surface area contributed by atoms with Crippen molar-refractivity contribution in [2.24, 2.45) is 4.99 Å². The molecule has 0 fully saturated rings. The van der Waals surface area contributed by atoms with E-state index in [1.165, 1.54) is 0 Å². The molecule has 0 bridgehead atoms. The number of fused-ring (bicyclic) bond motifs is 7. The van der Waals surface area contributed by atoms with Gasteiger partial charge in [-0.3, -0.25) is 9.55 Å². The number of unbranched alkanes of at least 4 members (excludes halogenated alkanes) is 1. The topological polar surface area (TPSA) is 79.2 Å². The van der Waals surface area contributed by atoms with E-state index in [9.17, 15) is 13.0 Å². The Balaban J connectivity index is 1.51. The summed E-state index contributed by atoms with van der Waals surface area (Å²) in [7, 11) is -4.00. The molecule has 2 aliphatic rings. The predicted octanol–water partition coefficient (Wildman–Crippen LogP) is 6.25. The van der Waals surface area contributed by atoms with Crippen LogP contribution in [0.4, 0.5) is 11.4 Å². The number of hydrogen-bond acceptors (Lipinski definition) is 5. The maximum absolute atomic E-state index is 11.3. The summed E-state index contributed by atoms with van der Waals surface area (Å²) in [6.07, 6.45) is 2.86. The smallest absolute Gasteiger partial charge is 0.264 e. The summed E-state index contributed by atoms with van der Waals surface area (Å²) in [5.41, 5.74) is 1.69. The number of benzene rings is 4. The van der Waals surface area contributed by atoms with Crippen LogP contribution in [0.1, 0.15) is 32.3 Å². The molecule has 36 heavy (non-hydrogen) atoms. The molecule has 1 N–H and O–H groups in total. The summed E-state index contributed by atoms with van der Waals surface area (Å²) in [6.45, 7) is 4.90. The molecule has 0 saturated heterocycles. The van der Waals surface area contributed by atoms with Crippen molar-refractivity contribution in [2.75, 3.05) is 17.2 Å². The zero-order valence-electron chi connectivity index (χ0n) is 20.3. The summed E-state index contributed by atoms with van der Waals surface area (Å²) in [5.74, 6) is 0.503. The highest BCUT2D eigenvalue weighted by molar-refractivity contribution is 7.85. The lowest BCUT2D eigenvalue weighted by Gasteiger charge is -2.46. The van der Waals surface area contributed by atoms with Gasteiger partial charge in [0.15, 0.2) is 5.75 Å². The van der Waals surface area contributed by atoms with Gasteiger partial charge in [0.05, 0.1) is 17.4 Å². The van der Waals surface area contributed by atoms with Crippen LogP contribution >= 0.6 is 0 Å². The fourth-order valence-electron chi connectivity index (χ4n) is 5.86. The average molecular weight is 501 g/mol. The molecule has 0 amide bonds. The van der Waals surface area contributed by atoms with Crippen molar-refractivity contribution in [1.82, 2.24) is 0 Å². The predicted molar refractivity (Wildman–Crippen MR) is 145 cm³/mol. The molecular formula is C29H28N2O4S. The van der Waals surface area contributed by atoms with Crippen molar-refractivity contribution in [3.05, 3.63) is 78.4 Å². The summed E-state index contributed by atoms with van der Waals surface area (Å²) in [5, 5.41) is 4.32. The van der Waals surface area contributed by atoms with Gasteiger partial charge in [-0.15, -0.1) is 0 Å². The van der Waals surface area contributed by atoms with Gasteiger partial charge in [-0.05, 0) is 49.1 Å². The van der Waals surface area contributed by atoms with E-state index in [1.807, 2.05) is 42.6 Å². The Morgan fingerprint density at radius 1 is 0.861 bits per heavy atom. The third-order valence-corrected chi connectivity index (χ3v) is 8.49. The lowest BCUT2D eigenvalue weighted by Crippen LogP contribution is -2.62. The van der Waals surface area contributed by atoms with E-state index in [4.69, 9.17) is 9.73 Å². The molecule has 2 heterocycles. The van der Waals surface area contributed by atoms with Gasteiger partial charge in [0.1, 0.15) is 5.69 Å². The maximum Gasteiger partial charge on any atom is 0.264 e. The summed E-state index contributed by atoms with van der Waals surface area (Å²) < 4.78 is 38.9. The second kappa shape index (κ2) is 8.05. The molecular weight excluding hydrogens is 472 g/mol. The van der Waals surface area contributed by atoms with Crippen molar-refractivity contribution >= 4 is 49.3 Å². The molecule has 1 unspecified atom stereocenters. The van der Waals surface area contributed by atoms with Crippen LogP contribution in [-0.4, -0.2) is 37.2 Å². The van der Waals surface area contributed by atoms with Crippen molar-refractivity contribution in [2.45, 2.75) is 37.8 Å². The Bertz CT molecular complexity index is 1640. The monoisotopic (exact) mass is 500 g/mol. The van der Waals surface area contributed by atoms with Crippen molar-refractivity contribution in [3.8, 4) is 5.75 Å². The van der Waals surface area contributed by atoms with E-state index in [0.29, 0.717) is 19.4 Å². The Morgan fingerprint density at radius 3 is 2.19 bits per heavy atom. The third kappa shape index (κ3) is 3.33. The molecule has 4 aromatic carbocycles. The maximum atomic E-state index is 11.3. The first-order chi connectivity index (χ1) is 17.2. The van der Waals surface area contributed by atoms with Gasteiger partial charge in [0, 0.05) is 23.0 Å². The quantitative estimate of drug-likeness (QED) is 0.199. The Morgan fingerprint density at radius 2 is 1.47 bits per heavy atom. The van der Waals surface area contributed by atoms with Crippen LogP contribution in [0.2, 0.25) is 0 Å². The lowest BCUT2D eigenvalue weighted by molar-refractivity contribution is 0.0792. The summed E-state index contributed by atoms with van der Waals surface area (Å²) in [6, 6.07) is 24.8. The van der Waals surface area contributed by atoms with Gasteiger partial charge in [0.2, 0.25) is 5.72 Å². The molecule has 184 valence electrons. The molecule has 0 aromatic heterocycles. The van der Waals surface area contributed by atoms with Crippen molar-refractivity contribution < 1.29 is 17.7 Å². The van der Waals surface area contributed by atoms with Crippen LogP contribution in [0.25, 0.3) is 21.5 Å². The highest BCUT2D eigenvalue weighted by Gasteiger charge is 2.59. The van der Waals surface area contributed by atoms with E-state index < -0.39 is 21.3 Å². The summed E-state index contributed by atoms with van der Waals surface area (Å²) >= 11 is 0. The Kier molecular flexibility index (Phi) is 5.14. The minimum atomic E-state index is -4.00. The minimum absolute atomic E-state index is 0.257. The van der Waals surface area contributed by atoms with Crippen LogP contribution in [-0.2, 0) is 15.5 Å². The van der Waals surface area contributed by atoms with Crippen LogP contribution in [0.3, 0.4) is 0 Å². The first-order valence-electron chi connectivity index (χ1n) is 12.2. The van der Waals surface area contributed by atoms with E-state index in [0.717, 1.165) is 44.2 Å². The van der Waals surface area contributed by atoms with E-state index in [-0.39, 0.29) is 5.75 Å². The fraction of sp³-hybridized carbons (Fsp3) is 0.276. The SMILES string of the molecule is CC1(C)c2ccccc2N(CCCCS(=O)(=O)O)C12C=Nc1c(c3ccccc3c3ccccc13)O2. The number of hydrogen-bond donors (Lipinski definition) is 1. The van der Waals surface area contributed by atoms with E-state index in [2.05, 4.69) is 55.1 Å². The highest BCUT2D eigenvalue weighted by Crippen LogP contribution is 2.56. The minimum Gasteiger partial charge on any atom is -0.459 e. The first-order valence-corrected chi connectivity index (χ1v) is 13.8. The molecule has 4 aromatic rings. The molecule has 2 aliphatic heterocycles. The van der Waals surface area contributed by atoms with Gasteiger partial charge in [-0.1, -0.05) is 66.7 Å².